The molecule has 1 aliphatic rings. The second-order valence-corrected chi connectivity index (χ2v) is 7.31. The van der Waals surface area contributed by atoms with Crippen molar-refractivity contribution in [1.29, 1.82) is 5.26 Å². The number of ether oxygens (including phenoxy) is 1. The first-order chi connectivity index (χ1) is 9.57. The highest BCUT2D eigenvalue weighted by Gasteiger charge is 2.23. The average molecular weight is 315 g/mol. The van der Waals surface area contributed by atoms with Gasteiger partial charge in [-0.25, -0.2) is 8.42 Å². The first kappa shape index (κ1) is 15.3. The number of anilines is 1. The van der Waals surface area contributed by atoms with Crippen molar-refractivity contribution in [1.82, 2.24) is 5.32 Å². The number of nitrogens with one attached hydrogen (secondary N) is 2. The van der Waals surface area contributed by atoms with E-state index in [2.05, 4.69) is 16.1 Å². The number of hydrogen-bond acceptors (Lipinski definition) is 6. The molecule has 110 valence electrons. The molecule has 1 aliphatic heterocycles. The van der Waals surface area contributed by atoms with E-state index in [4.69, 9.17) is 4.74 Å². The maximum Gasteiger partial charge on any atom is 0.235 e. The van der Waals surface area contributed by atoms with Gasteiger partial charge in [-0.3, -0.25) is 4.72 Å². The lowest BCUT2D eigenvalue weighted by Gasteiger charge is -2.11. The predicted molar refractivity (Wildman–Crippen MR) is 78.3 cm³/mol. The number of thiophene rings is 1. The number of hydrogen-bond donors (Lipinski definition) is 2. The topological polar surface area (TPSA) is 91.2 Å². The van der Waals surface area contributed by atoms with Crippen LogP contribution in [0.2, 0.25) is 0 Å². The van der Waals surface area contributed by atoms with Crippen molar-refractivity contribution in [2.24, 2.45) is 0 Å². The summed E-state index contributed by atoms with van der Waals surface area (Å²) < 4.78 is 31.5. The summed E-state index contributed by atoms with van der Waals surface area (Å²) >= 11 is 1.34. The second kappa shape index (κ2) is 6.54. The van der Waals surface area contributed by atoms with Gasteiger partial charge in [-0.05, 0) is 25.5 Å². The Morgan fingerprint density at radius 3 is 3.05 bits per heavy atom. The number of nitriles is 1. The van der Waals surface area contributed by atoms with E-state index < -0.39 is 10.0 Å². The van der Waals surface area contributed by atoms with Crippen LogP contribution in [0.1, 0.15) is 22.9 Å². The molecule has 0 spiro atoms. The molecule has 0 fully saturated rings. The first-order valence-corrected chi connectivity index (χ1v) is 8.88. The number of nitrogens with zero attached hydrogens (tertiary/aromatic N) is 1. The summed E-state index contributed by atoms with van der Waals surface area (Å²) in [5, 5.41) is 12.9. The molecule has 2 heterocycles. The lowest BCUT2D eigenvalue weighted by Crippen LogP contribution is -2.22. The molecule has 0 saturated carbocycles. The zero-order valence-electron chi connectivity index (χ0n) is 11.2. The number of fused-ring (bicyclic) bond motifs is 1. The summed E-state index contributed by atoms with van der Waals surface area (Å²) in [6.45, 7) is 3.96. The lowest BCUT2D eigenvalue weighted by molar-refractivity contribution is 0.163. The zero-order chi connectivity index (χ0) is 14.6. The van der Waals surface area contributed by atoms with Crippen LogP contribution in [0.5, 0.6) is 0 Å². The minimum Gasteiger partial charge on any atom is -0.381 e. The Labute approximate surface area is 122 Å². The van der Waals surface area contributed by atoms with Crippen LogP contribution in [0.3, 0.4) is 0 Å². The van der Waals surface area contributed by atoms with Crippen LogP contribution in [0.15, 0.2) is 0 Å². The van der Waals surface area contributed by atoms with Gasteiger partial charge in [0.25, 0.3) is 0 Å². The Hall–Kier alpha value is -1.14. The SMILES string of the molecule is CCOCCS(=O)(=O)Nc1sc2c(c1C#N)CCNC2. The van der Waals surface area contributed by atoms with Crippen LogP contribution < -0.4 is 10.0 Å². The molecule has 0 bridgehead atoms. The summed E-state index contributed by atoms with van der Waals surface area (Å²) in [5.74, 6) is -0.105. The molecule has 0 radical (unpaired) electrons. The maximum atomic E-state index is 11.9. The van der Waals surface area contributed by atoms with Gasteiger partial charge in [-0.2, -0.15) is 5.26 Å². The molecule has 2 rings (SSSR count). The molecule has 8 heteroatoms. The molecule has 1 aromatic heterocycles. The summed E-state index contributed by atoms with van der Waals surface area (Å²) in [6, 6.07) is 2.12. The highest BCUT2D eigenvalue weighted by atomic mass is 32.2. The van der Waals surface area contributed by atoms with Crippen LogP contribution in [0, 0.1) is 11.3 Å². The normalized spacial score (nSPS) is 14.6. The Kier molecular flexibility index (Phi) is 4.99. The van der Waals surface area contributed by atoms with Gasteiger partial charge in [0, 0.05) is 18.0 Å². The van der Waals surface area contributed by atoms with E-state index in [0.29, 0.717) is 23.7 Å². The van der Waals surface area contributed by atoms with Gasteiger partial charge in [0.1, 0.15) is 11.1 Å². The van der Waals surface area contributed by atoms with Crippen molar-refractivity contribution >= 4 is 26.4 Å². The minimum atomic E-state index is -3.48. The lowest BCUT2D eigenvalue weighted by atomic mass is 10.1. The molecule has 20 heavy (non-hydrogen) atoms. The maximum absolute atomic E-state index is 11.9. The van der Waals surface area contributed by atoms with E-state index in [9.17, 15) is 13.7 Å². The van der Waals surface area contributed by atoms with E-state index in [0.717, 1.165) is 23.4 Å². The Bertz CT molecular complexity index is 617. The predicted octanol–water partition coefficient (Wildman–Crippen LogP) is 1.04. The van der Waals surface area contributed by atoms with Crippen molar-refractivity contribution in [3.05, 3.63) is 16.0 Å². The molecule has 0 amide bonds. The molecule has 0 saturated heterocycles. The molecule has 0 atom stereocenters. The zero-order valence-corrected chi connectivity index (χ0v) is 12.9. The molecule has 0 aliphatic carbocycles. The van der Waals surface area contributed by atoms with Gasteiger partial charge in [0.15, 0.2) is 0 Å². The van der Waals surface area contributed by atoms with Crippen LogP contribution in [-0.4, -0.2) is 33.9 Å². The smallest absolute Gasteiger partial charge is 0.235 e. The highest BCUT2D eigenvalue weighted by molar-refractivity contribution is 7.92. The van der Waals surface area contributed by atoms with Crippen molar-refractivity contribution in [2.75, 3.05) is 30.2 Å². The van der Waals surface area contributed by atoms with Gasteiger partial charge in [-0.15, -0.1) is 11.3 Å². The highest BCUT2D eigenvalue weighted by Crippen LogP contribution is 2.35. The number of sulfonamides is 1. The third-order valence-electron chi connectivity index (χ3n) is 2.99. The van der Waals surface area contributed by atoms with E-state index in [1.54, 1.807) is 0 Å². The second-order valence-electron chi connectivity index (χ2n) is 4.36. The fraction of sp³-hybridized carbons (Fsp3) is 0.583. The average Bonchev–Trinajstić information content (AvgIpc) is 2.75. The van der Waals surface area contributed by atoms with Gasteiger partial charge in [-0.1, -0.05) is 0 Å². The van der Waals surface area contributed by atoms with E-state index in [1.807, 2.05) is 6.92 Å². The first-order valence-electron chi connectivity index (χ1n) is 6.41. The summed E-state index contributed by atoms with van der Waals surface area (Å²) in [7, 11) is -3.48. The van der Waals surface area contributed by atoms with E-state index >= 15 is 0 Å². The monoisotopic (exact) mass is 315 g/mol. The van der Waals surface area contributed by atoms with Crippen LogP contribution >= 0.6 is 11.3 Å². The van der Waals surface area contributed by atoms with Crippen molar-refractivity contribution in [3.8, 4) is 6.07 Å². The third kappa shape index (κ3) is 3.49. The van der Waals surface area contributed by atoms with Crippen molar-refractivity contribution in [2.45, 2.75) is 19.9 Å². The summed E-state index contributed by atoms with van der Waals surface area (Å²) in [4.78, 5) is 1.04. The molecular formula is C12H17N3O3S2. The van der Waals surface area contributed by atoms with Crippen LogP contribution in [0.25, 0.3) is 0 Å². The fourth-order valence-electron chi connectivity index (χ4n) is 2.03. The van der Waals surface area contributed by atoms with Crippen LogP contribution in [-0.2, 0) is 27.7 Å². The number of rotatable bonds is 6. The Morgan fingerprint density at radius 2 is 2.35 bits per heavy atom. The van der Waals surface area contributed by atoms with Gasteiger partial charge >= 0.3 is 0 Å². The molecular weight excluding hydrogens is 298 g/mol. The van der Waals surface area contributed by atoms with Crippen molar-refractivity contribution in [3.63, 3.8) is 0 Å². The molecule has 2 N–H and O–H groups in total. The quantitative estimate of drug-likeness (QED) is 0.766. The van der Waals surface area contributed by atoms with E-state index in [1.165, 1.54) is 11.3 Å². The van der Waals surface area contributed by atoms with Gasteiger partial charge in [0.2, 0.25) is 10.0 Å². The molecule has 6 nitrogen and oxygen atoms in total. The van der Waals surface area contributed by atoms with Crippen molar-refractivity contribution < 1.29 is 13.2 Å². The summed E-state index contributed by atoms with van der Waals surface area (Å²) in [5.41, 5.74) is 1.44. The standard InChI is InChI=1S/C12H17N3O3S2/c1-2-18-5-6-20(16,17)15-12-10(7-13)9-3-4-14-8-11(9)19-12/h14-15H,2-6,8H2,1H3. The summed E-state index contributed by atoms with van der Waals surface area (Å²) in [6.07, 6.45) is 0.759. The largest absolute Gasteiger partial charge is 0.381 e. The Morgan fingerprint density at radius 1 is 1.55 bits per heavy atom. The molecule has 0 unspecified atom stereocenters. The molecule has 1 aromatic rings. The van der Waals surface area contributed by atoms with E-state index in [-0.39, 0.29) is 12.4 Å². The van der Waals surface area contributed by atoms with Gasteiger partial charge < -0.3 is 10.1 Å². The third-order valence-corrected chi connectivity index (χ3v) is 5.48. The molecule has 0 aromatic carbocycles. The minimum absolute atomic E-state index is 0.105. The van der Waals surface area contributed by atoms with Gasteiger partial charge in [0.05, 0.1) is 17.9 Å². The fourth-order valence-corrected chi connectivity index (χ4v) is 4.42. The Balaban J connectivity index is 2.17. The van der Waals surface area contributed by atoms with Crippen LogP contribution in [0.4, 0.5) is 5.00 Å².